The fourth-order valence-electron chi connectivity index (χ4n) is 3.92. The highest BCUT2D eigenvalue weighted by Crippen LogP contribution is 2.48. The van der Waals surface area contributed by atoms with E-state index in [0.29, 0.717) is 11.9 Å². The van der Waals surface area contributed by atoms with Crippen molar-refractivity contribution < 1.29 is 0 Å². The maximum absolute atomic E-state index is 6.04. The highest BCUT2D eigenvalue weighted by Gasteiger charge is 2.39. The zero-order chi connectivity index (χ0) is 14.8. The van der Waals surface area contributed by atoms with Crippen LogP contribution in [0.1, 0.15) is 39.5 Å². The molecule has 1 aromatic heterocycles. The van der Waals surface area contributed by atoms with Crippen LogP contribution in [0.4, 0.5) is 11.9 Å². The van der Waals surface area contributed by atoms with E-state index in [2.05, 4.69) is 39.0 Å². The molecule has 21 heavy (non-hydrogen) atoms. The molecule has 0 aliphatic heterocycles. The van der Waals surface area contributed by atoms with Crippen molar-refractivity contribution in [1.29, 1.82) is 0 Å². The zero-order valence-electron chi connectivity index (χ0n) is 12.8. The molecule has 1 N–H and O–H groups in total. The van der Waals surface area contributed by atoms with E-state index in [1.165, 1.54) is 25.7 Å². The Morgan fingerprint density at radius 2 is 1.95 bits per heavy atom. The van der Waals surface area contributed by atoms with Gasteiger partial charge in [0, 0.05) is 19.6 Å². The van der Waals surface area contributed by atoms with Crippen molar-refractivity contribution >= 4 is 23.5 Å². The number of fused-ring (bicyclic) bond motifs is 2. The molecule has 3 atom stereocenters. The molecule has 0 saturated heterocycles. The van der Waals surface area contributed by atoms with Crippen LogP contribution in [0, 0.1) is 17.8 Å². The van der Waals surface area contributed by atoms with Crippen LogP contribution in [0.2, 0.25) is 5.28 Å². The van der Waals surface area contributed by atoms with Gasteiger partial charge in [0.15, 0.2) is 0 Å². The van der Waals surface area contributed by atoms with Gasteiger partial charge in [-0.3, -0.25) is 0 Å². The maximum Gasteiger partial charge on any atom is 0.231 e. The Balaban J connectivity index is 1.65. The molecule has 0 radical (unpaired) electrons. The first-order chi connectivity index (χ1) is 10.2. The van der Waals surface area contributed by atoms with Gasteiger partial charge in [0.25, 0.3) is 0 Å². The van der Waals surface area contributed by atoms with Crippen molar-refractivity contribution in [1.82, 2.24) is 15.0 Å². The van der Waals surface area contributed by atoms with E-state index < -0.39 is 0 Å². The molecule has 6 heteroatoms. The van der Waals surface area contributed by atoms with Crippen LogP contribution in [-0.2, 0) is 0 Å². The van der Waals surface area contributed by atoms with Crippen molar-refractivity contribution in [2.45, 2.75) is 39.5 Å². The smallest absolute Gasteiger partial charge is 0.231 e. The van der Waals surface area contributed by atoms with Crippen molar-refractivity contribution in [2.75, 3.05) is 29.9 Å². The molecule has 2 fully saturated rings. The Labute approximate surface area is 131 Å². The van der Waals surface area contributed by atoms with Crippen LogP contribution in [-0.4, -0.2) is 34.6 Å². The lowest BCUT2D eigenvalue weighted by Gasteiger charge is -2.22. The summed E-state index contributed by atoms with van der Waals surface area (Å²) < 4.78 is 0. The van der Waals surface area contributed by atoms with E-state index >= 15 is 0 Å². The van der Waals surface area contributed by atoms with Crippen LogP contribution < -0.4 is 10.2 Å². The van der Waals surface area contributed by atoms with Crippen LogP contribution in [0.15, 0.2) is 0 Å². The van der Waals surface area contributed by atoms with Gasteiger partial charge in [0.1, 0.15) is 0 Å². The predicted molar refractivity (Wildman–Crippen MR) is 85.8 cm³/mol. The number of nitrogens with one attached hydrogen (secondary N) is 1. The van der Waals surface area contributed by atoms with Crippen LogP contribution in [0.3, 0.4) is 0 Å². The van der Waals surface area contributed by atoms with E-state index in [-0.39, 0.29) is 5.28 Å². The third-order valence-electron chi connectivity index (χ3n) is 5.05. The van der Waals surface area contributed by atoms with Crippen molar-refractivity contribution in [2.24, 2.45) is 17.8 Å². The molecule has 2 aliphatic rings. The summed E-state index contributed by atoms with van der Waals surface area (Å²) in [5, 5.41) is 3.65. The summed E-state index contributed by atoms with van der Waals surface area (Å²) in [5.41, 5.74) is 0. The van der Waals surface area contributed by atoms with Crippen molar-refractivity contribution in [3.8, 4) is 0 Å². The Morgan fingerprint density at radius 3 is 2.57 bits per heavy atom. The van der Waals surface area contributed by atoms with Gasteiger partial charge >= 0.3 is 0 Å². The third kappa shape index (κ3) is 3.23. The van der Waals surface area contributed by atoms with Gasteiger partial charge in [-0.15, -0.1) is 0 Å². The Bertz CT molecular complexity index is 491. The summed E-state index contributed by atoms with van der Waals surface area (Å²) in [6.45, 7) is 6.86. The Kier molecular flexibility index (Phi) is 4.48. The monoisotopic (exact) mass is 309 g/mol. The van der Waals surface area contributed by atoms with Crippen LogP contribution in [0.25, 0.3) is 0 Å². The number of nitrogens with zero attached hydrogens (tertiary/aromatic N) is 4. The second kappa shape index (κ2) is 6.34. The molecule has 0 amide bonds. The largest absolute Gasteiger partial charge is 0.354 e. The predicted octanol–water partition coefficient (Wildman–Crippen LogP) is 3.22. The van der Waals surface area contributed by atoms with Gasteiger partial charge in [0.05, 0.1) is 0 Å². The first-order valence-corrected chi connectivity index (χ1v) is 8.47. The molecule has 0 spiro atoms. The normalized spacial score (nSPS) is 27.1. The van der Waals surface area contributed by atoms with Crippen molar-refractivity contribution in [3.63, 3.8) is 0 Å². The molecule has 1 heterocycles. The zero-order valence-corrected chi connectivity index (χ0v) is 13.6. The lowest BCUT2D eigenvalue weighted by Crippen LogP contribution is -2.26. The van der Waals surface area contributed by atoms with Gasteiger partial charge in [-0.05, 0) is 62.5 Å². The van der Waals surface area contributed by atoms with Gasteiger partial charge in [-0.25, -0.2) is 0 Å². The minimum absolute atomic E-state index is 0.266. The van der Waals surface area contributed by atoms with Crippen LogP contribution >= 0.6 is 11.6 Å². The summed E-state index contributed by atoms with van der Waals surface area (Å²) in [7, 11) is 0. The van der Waals surface area contributed by atoms with Gasteiger partial charge in [-0.2, -0.15) is 15.0 Å². The van der Waals surface area contributed by atoms with E-state index in [0.717, 1.165) is 37.4 Å². The lowest BCUT2D eigenvalue weighted by atomic mass is 9.89. The molecule has 3 unspecified atom stereocenters. The molecular weight excluding hydrogens is 286 g/mol. The first-order valence-electron chi connectivity index (χ1n) is 8.10. The highest BCUT2D eigenvalue weighted by molar-refractivity contribution is 6.28. The number of hydrogen-bond donors (Lipinski definition) is 1. The Hall–Kier alpha value is -1.10. The van der Waals surface area contributed by atoms with E-state index in [1.807, 2.05) is 0 Å². The molecule has 1 aromatic rings. The third-order valence-corrected chi connectivity index (χ3v) is 5.22. The molecule has 0 aromatic carbocycles. The van der Waals surface area contributed by atoms with E-state index in [9.17, 15) is 0 Å². The average Bonchev–Trinajstić information content (AvgIpc) is 3.08. The molecule has 3 rings (SSSR count). The summed E-state index contributed by atoms with van der Waals surface area (Å²) >= 11 is 6.04. The highest BCUT2D eigenvalue weighted by atomic mass is 35.5. The van der Waals surface area contributed by atoms with Crippen molar-refractivity contribution in [3.05, 3.63) is 5.28 Å². The number of halogens is 1. The second-order valence-corrected chi connectivity index (χ2v) is 6.55. The van der Waals surface area contributed by atoms with E-state index in [1.54, 1.807) is 0 Å². The molecule has 2 saturated carbocycles. The van der Waals surface area contributed by atoms with E-state index in [4.69, 9.17) is 11.6 Å². The van der Waals surface area contributed by atoms with Gasteiger partial charge in [-0.1, -0.05) is 6.42 Å². The Morgan fingerprint density at radius 1 is 1.14 bits per heavy atom. The number of aromatic nitrogens is 3. The summed E-state index contributed by atoms with van der Waals surface area (Å²) in [6.07, 6.45) is 5.62. The minimum Gasteiger partial charge on any atom is -0.354 e. The minimum atomic E-state index is 0.266. The number of rotatable bonds is 6. The fourth-order valence-corrected chi connectivity index (χ4v) is 4.07. The standard InChI is InChI=1S/C15H24ClN5/c1-3-21(4-2)15-19-13(16)18-14(20-15)17-9-12-8-10-5-6-11(12)7-10/h10-12H,3-9H2,1-2H3,(H,17,18,19,20). The van der Waals surface area contributed by atoms with Gasteiger partial charge < -0.3 is 10.2 Å². The SMILES string of the molecule is CCN(CC)c1nc(Cl)nc(NCC2CC3CCC2C3)n1. The maximum atomic E-state index is 6.04. The lowest BCUT2D eigenvalue weighted by molar-refractivity contribution is 0.348. The fraction of sp³-hybridized carbons (Fsp3) is 0.800. The summed E-state index contributed by atoms with van der Waals surface area (Å²) in [5.74, 6) is 3.92. The van der Waals surface area contributed by atoms with Crippen LogP contribution in [0.5, 0.6) is 0 Å². The summed E-state index contributed by atoms with van der Waals surface area (Å²) in [6, 6.07) is 0. The second-order valence-electron chi connectivity index (χ2n) is 6.22. The molecular formula is C15H24ClN5. The topological polar surface area (TPSA) is 53.9 Å². The molecule has 116 valence electrons. The van der Waals surface area contributed by atoms with Gasteiger partial charge in [0.2, 0.25) is 17.2 Å². The quantitative estimate of drug-likeness (QED) is 0.874. The average molecular weight is 310 g/mol. The number of anilines is 2. The number of hydrogen-bond acceptors (Lipinski definition) is 5. The first kappa shape index (κ1) is 14.8. The summed E-state index contributed by atoms with van der Waals surface area (Å²) in [4.78, 5) is 15.0. The molecule has 5 nitrogen and oxygen atoms in total. The molecule has 2 aliphatic carbocycles. The molecule has 2 bridgehead atoms.